The lowest BCUT2D eigenvalue weighted by atomic mass is 10.0. The summed E-state index contributed by atoms with van der Waals surface area (Å²) in [5.41, 5.74) is 1.55. The molecule has 0 aromatic heterocycles. The largest absolute Gasteiger partial charge is 0.295 e. The average Bonchev–Trinajstić information content (AvgIpc) is 2.15. The van der Waals surface area contributed by atoms with Gasteiger partial charge >= 0.3 is 0 Å². The fourth-order valence-electron chi connectivity index (χ4n) is 1.00. The van der Waals surface area contributed by atoms with E-state index in [9.17, 15) is 0 Å². The van der Waals surface area contributed by atoms with Crippen LogP contribution in [0.15, 0.2) is 40.4 Å². The molecule has 0 aromatic rings. The van der Waals surface area contributed by atoms with Gasteiger partial charge in [-0.3, -0.25) is 4.99 Å². The van der Waals surface area contributed by atoms with Crippen molar-refractivity contribution in [3.8, 4) is 6.07 Å². The van der Waals surface area contributed by atoms with Crippen molar-refractivity contribution in [1.29, 1.82) is 5.26 Å². The zero-order valence-electron chi connectivity index (χ0n) is 6.99. The maximum Gasteiger partial charge on any atom is 0.101 e. The summed E-state index contributed by atoms with van der Waals surface area (Å²) in [5, 5.41) is 8.74. The molecule has 0 unspecified atom stereocenters. The van der Waals surface area contributed by atoms with E-state index < -0.39 is 0 Å². The second kappa shape index (κ2) is 4.30. The standard InChI is InChI=1S/C10H10N2/c1-12-8-10(7-11)9-5-3-2-4-6-9/h3-6,8H,2H2,1H3. The Bertz CT molecular complexity index is 297. The molecule has 0 bridgehead atoms. The molecule has 0 aromatic carbocycles. The molecule has 1 aliphatic rings. The van der Waals surface area contributed by atoms with Gasteiger partial charge in [-0.2, -0.15) is 5.26 Å². The van der Waals surface area contributed by atoms with Crippen molar-refractivity contribution < 1.29 is 0 Å². The smallest absolute Gasteiger partial charge is 0.101 e. The van der Waals surface area contributed by atoms with Crippen LogP contribution in [-0.4, -0.2) is 13.3 Å². The Labute approximate surface area is 72.2 Å². The molecule has 1 aliphatic carbocycles. The van der Waals surface area contributed by atoms with Crippen LogP contribution in [0.3, 0.4) is 0 Å². The third-order valence-electron chi connectivity index (χ3n) is 1.56. The summed E-state index contributed by atoms with van der Waals surface area (Å²) < 4.78 is 0. The van der Waals surface area contributed by atoms with Gasteiger partial charge in [-0.1, -0.05) is 24.3 Å². The fraction of sp³-hybridized carbons (Fsp3) is 0.200. The highest BCUT2D eigenvalue weighted by molar-refractivity contribution is 5.86. The van der Waals surface area contributed by atoms with Crippen molar-refractivity contribution in [1.82, 2.24) is 0 Å². The molecule has 0 radical (unpaired) electrons. The maximum atomic E-state index is 8.74. The summed E-state index contributed by atoms with van der Waals surface area (Å²) in [6.07, 6.45) is 10.5. The summed E-state index contributed by atoms with van der Waals surface area (Å²) in [7, 11) is 1.66. The molecule has 60 valence electrons. The highest BCUT2D eigenvalue weighted by atomic mass is 14.6. The van der Waals surface area contributed by atoms with E-state index in [4.69, 9.17) is 5.26 Å². The number of hydrogen-bond donors (Lipinski definition) is 0. The number of allylic oxidation sites excluding steroid dienone is 6. The highest BCUT2D eigenvalue weighted by Crippen LogP contribution is 2.11. The van der Waals surface area contributed by atoms with Crippen molar-refractivity contribution in [3.63, 3.8) is 0 Å². The van der Waals surface area contributed by atoms with Gasteiger partial charge < -0.3 is 0 Å². The Balaban J connectivity index is 3.00. The summed E-state index contributed by atoms with van der Waals surface area (Å²) in [4.78, 5) is 3.81. The van der Waals surface area contributed by atoms with Gasteiger partial charge in [-0.15, -0.1) is 0 Å². The molecule has 0 aliphatic heterocycles. The van der Waals surface area contributed by atoms with Gasteiger partial charge in [-0.25, -0.2) is 0 Å². The van der Waals surface area contributed by atoms with Crippen molar-refractivity contribution in [2.45, 2.75) is 6.42 Å². The summed E-state index contributed by atoms with van der Waals surface area (Å²) in [6.45, 7) is 0. The van der Waals surface area contributed by atoms with Crippen LogP contribution in [0, 0.1) is 11.3 Å². The number of rotatable bonds is 1. The molecule has 2 heteroatoms. The third kappa shape index (κ3) is 1.93. The van der Waals surface area contributed by atoms with Crippen molar-refractivity contribution in [3.05, 3.63) is 35.5 Å². The molecule has 0 N–H and O–H groups in total. The molecular weight excluding hydrogens is 148 g/mol. The molecule has 0 saturated carbocycles. The van der Waals surface area contributed by atoms with Gasteiger partial charge in [-0.05, 0) is 12.0 Å². The third-order valence-corrected chi connectivity index (χ3v) is 1.56. The first-order chi connectivity index (χ1) is 5.88. The quantitative estimate of drug-likeness (QED) is 0.425. The normalized spacial score (nSPS) is 15.2. The Morgan fingerprint density at radius 3 is 2.75 bits per heavy atom. The minimum absolute atomic E-state index is 0.615. The van der Waals surface area contributed by atoms with E-state index >= 15 is 0 Å². The second-order valence-electron chi connectivity index (χ2n) is 2.41. The van der Waals surface area contributed by atoms with Gasteiger partial charge in [0.1, 0.15) is 6.07 Å². The van der Waals surface area contributed by atoms with E-state index in [0.29, 0.717) is 5.57 Å². The minimum atomic E-state index is 0.615. The lowest BCUT2D eigenvalue weighted by molar-refractivity contribution is 1.33. The van der Waals surface area contributed by atoms with Crippen LogP contribution >= 0.6 is 0 Å². The monoisotopic (exact) mass is 158 g/mol. The molecule has 0 saturated heterocycles. The predicted molar refractivity (Wildman–Crippen MR) is 50.0 cm³/mol. The van der Waals surface area contributed by atoms with Crippen molar-refractivity contribution >= 4 is 6.21 Å². The van der Waals surface area contributed by atoms with Crippen LogP contribution in [0.2, 0.25) is 0 Å². The van der Waals surface area contributed by atoms with Gasteiger partial charge in [0.25, 0.3) is 0 Å². The van der Waals surface area contributed by atoms with Gasteiger partial charge in [0.15, 0.2) is 0 Å². The fourth-order valence-corrected chi connectivity index (χ4v) is 1.00. The van der Waals surface area contributed by atoms with E-state index in [1.807, 2.05) is 24.3 Å². The second-order valence-corrected chi connectivity index (χ2v) is 2.41. The summed E-state index contributed by atoms with van der Waals surface area (Å²) >= 11 is 0. The Morgan fingerprint density at radius 2 is 2.25 bits per heavy atom. The summed E-state index contributed by atoms with van der Waals surface area (Å²) in [5.74, 6) is 0. The van der Waals surface area contributed by atoms with Gasteiger partial charge in [0, 0.05) is 13.3 Å². The lowest BCUT2D eigenvalue weighted by Crippen LogP contribution is -1.88. The molecule has 0 spiro atoms. The van der Waals surface area contributed by atoms with Gasteiger partial charge in [0.2, 0.25) is 0 Å². The zero-order valence-corrected chi connectivity index (χ0v) is 6.99. The van der Waals surface area contributed by atoms with Crippen LogP contribution in [0.1, 0.15) is 6.42 Å². The van der Waals surface area contributed by atoms with Crippen LogP contribution < -0.4 is 0 Å². The van der Waals surface area contributed by atoms with Crippen LogP contribution in [0.25, 0.3) is 0 Å². The molecule has 0 heterocycles. The average molecular weight is 158 g/mol. The van der Waals surface area contributed by atoms with E-state index in [2.05, 4.69) is 11.1 Å². The molecule has 2 nitrogen and oxygen atoms in total. The Hall–Kier alpha value is -1.62. The molecule has 0 atom stereocenters. The number of nitrogens with zero attached hydrogens (tertiary/aromatic N) is 2. The Kier molecular flexibility index (Phi) is 3.04. The minimum Gasteiger partial charge on any atom is -0.295 e. The van der Waals surface area contributed by atoms with Crippen molar-refractivity contribution in [2.24, 2.45) is 4.99 Å². The summed E-state index contributed by atoms with van der Waals surface area (Å²) in [6, 6.07) is 2.10. The first-order valence-corrected chi connectivity index (χ1v) is 3.78. The SMILES string of the molecule is CN=CC(C#N)=C1C=CCC=C1. The van der Waals surface area contributed by atoms with Gasteiger partial charge in [0.05, 0.1) is 5.57 Å². The molecular formula is C10H10N2. The van der Waals surface area contributed by atoms with Crippen LogP contribution in [0.5, 0.6) is 0 Å². The van der Waals surface area contributed by atoms with Crippen LogP contribution in [0.4, 0.5) is 0 Å². The lowest BCUT2D eigenvalue weighted by Gasteiger charge is -1.99. The molecule has 0 amide bonds. The number of nitriles is 1. The Morgan fingerprint density at radius 1 is 1.58 bits per heavy atom. The van der Waals surface area contributed by atoms with E-state index in [1.54, 1.807) is 13.3 Å². The van der Waals surface area contributed by atoms with Crippen molar-refractivity contribution in [2.75, 3.05) is 7.05 Å². The zero-order chi connectivity index (χ0) is 8.81. The predicted octanol–water partition coefficient (Wildman–Crippen LogP) is 2.02. The molecule has 1 rings (SSSR count). The highest BCUT2D eigenvalue weighted by Gasteiger charge is 1.98. The molecule has 12 heavy (non-hydrogen) atoms. The van der Waals surface area contributed by atoms with E-state index in [-0.39, 0.29) is 0 Å². The van der Waals surface area contributed by atoms with Crippen LogP contribution in [-0.2, 0) is 0 Å². The van der Waals surface area contributed by atoms with E-state index in [0.717, 1.165) is 12.0 Å². The maximum absolute atomic E-state index is 8.74. The topological polar surface area (TPSA) is 36.1 Å². The van der Waals surface area contributed by atoms with E-state index in [1.165, 1.54) is 0 Å². The first kappa shape index (κ1) is 8.48. The first-order valence-electron chi connectivity index (χ1n) is 3.78. The molecule has 0 fully saturated rings. The number of aliphatic imine (C=N–C) groups is 1. The number of hydrogen-bond acceptors (Lipinski definition) is 2.